The number of aryl methyl sites for hydroxylation is 1. The molecule has 2 aromatic heterocycles. The molecule has 1 atom stereocenters. The third kappa shape index (κ3) is 5.41. The number of benzene rings is 2. The van der Waals surface area contributed by atoms with E-state index in [-0.39, 0.29) is 6.04 Å². The molecule has 1 fully saturated rings. The van der Waals surface area contributed by atoms with Crippen molar-refractivity contribution in [2.75, 3.05) is 33.4 Å². The van der Waals surface area contributed by atoms with Crippen molar-refractivity contribution < 1.29 is 4.74 Å². The van der Waals surface area contributed by atoms with E-state index in [0.29, 0.717) is 12.6 Å². The average Bonchev–Trinajstić information content (AvgIpc) is 3.56. The van der Waals surface area contributed by atoms with E-state index in [2.05, 4.69) is 79.5 Å². The normalized spacial score (nSPS) is 16.3. The number of hydrogen-bond acceptors (Lipinski definition) is 4. The number of piperidine rings is 1. The lowest BCUT2D eigenvalue weighted by molar-refractivity contribution is 0.141. The summed E-state index contributed by atoms with van der Waals surface area (Å²) in [4.78, 5) is 10.2. The zero-order valence-corrected chi connectivity index (χ0v) is 20.0. The average molecular weight is 458 g/mol. The summed E-state index contributed by atoms with van der Waals surface area (Å²) in [5, 5.41) is 5.17. The SMILES string of the molecule is COCC(NC1CCN(CCCc2c[nH]c3ccc(-n4ccnc4)cc23)CC1)c1ccccc1. The Morgan fingerprint density at radius 2 is 2.00 bits per heavy atom. The number of rotatable bonds is 10. The number of imidazole rings is 1. The van der Waals surface area contributed by atoms with Crippen LogP contribution in [0.15, 0.2) is 73.4 Å². The molecule has 0 spiro atoms. The molecule has 5 rings (SSSR count). The van der Waals surface area contributed by atoms with Gasteiger partial charge in [-0.1, -0.05) is 30.3 Å². The molecule has 2 N–H and O–H groups in total. The molecule has 6 nitrogen and oxygen atoms in total. The van der Waals surface area contributed by atoms with E-state index in [1.54, 1.807) is 7.11 Å². The molecule has 1 saturated heterocycles. The third-order valence-corrected chi connectivity index (χ3v) is 7.03. The number of H-pyrrole nitrogens is 1. The highest BCUT2D eigenvalue weighted by atomic mass is 16.5. The molecule has 0 saturated carbocycles. The van der Waals surface area contributed by atoms with Crippen LogP contribution >= 0.6 is 0 Å². The Labute approximate surface area is 202 Å². The first kappa shape index (κ1) is 22.8. The summed E-state index contributed by atoms with van der Waals surface area (Å²) >= 11 is 0. The zero-order chi connectivity index (χ0) is 23.2. The fourth-order valence-electron chi connectivity index (χ4n) is 5.14. The van der Waals surface area contributed by atoms with Gasteiger partial charge in [-0.25, -0.2) is 4.98 Å². The van der Waals surface area contributed by atoms with Gasteiger partial charge in [-0.3, -0.25) is 0 Å². The van der Waals surface area contributed by atoms with Crippen molar-refractivity contribution in [2.45, 2.75) is 37.8 Å². The number of methoxy groups -OCH3 is 1. The van der Waals surface area contributed by atoms with Crippen molar-refractivity contribution in [3.63, 3.8) is 0 Å². The van der Waals surface area contributed by atoms with E-state index in [1.807, 2.05) is 18.7 Å². The highest BCUT2D eigenvalue weighted by Crippen LogP contribution is 2.24. The van der Waals surface area contributed by atoms with Gasteiger partial charge in [0.2, 0.25) is 0 Å². The molecule has 6 heteroatoms. The van der Waals surface area contributed by atoms with Gasteiger partial charge in [0, 0.05) is 48.3 Å². The number of aromatic amines is 1. The van der Waals surface area contributed by atoms with Gasteiger partial charge < -0.3 is 24.5 Å². The molecular formula is C28H35N5O. The predicted molar refractivity (Wildman–Crippen MR) is 137 cm³/mol. The molecule has 4 aromatic rings. The van der Waals surface area contributed by atoms with Crippen LogP contribution < -0.4 is 5.32 Å². The van der Waals surface area contributed by atoms with Gasteiger partial charge in [-0.15, -0.1) is 0 Å². The summed E-state index contributed by atoms with van der Waals surface area (Å²) in [7, 11) is 1.78. The van der Waals surface area contributed by atoms with Crippen LogP contribution in [-0.4, -0.2) is 58.8 Å². The van der Waals surface area contributed by atoms with Gasteiger partial charge in [0.15, 0.2) is 0 Å². The highest BCUT2D eigenvalue weighted by Gasteiger charge is 2.22. The van der Waals surface area contributed by atoms with Crippen molar-refractivity contribution in [3.05, 3.63) is 84.6 Å². The van der Waals surface area contributed by atoms with Crippen molar-refractivity contribution >= 4 is 10.9 Å². The topological polar surface area (TPSA) is 58.1 Å². The maximum atomic E-state index is 5.49. The number of hydrogen-bond donors (Lipinski definition) is 2. The monoisotopic (exact) mass is 457 g/mol. The van der Waals surface area contributed by atoms with Crippen molar-refractivity contribution in [2.24, 2.45) is 0 Å². The largest absolute Gasteiger partial charge is 0.383 e. The summed E-state index contributed by atoms with van der Waals surface area (Å²) in [6.07, 6.45) is 12.5. The first-order valence-electron chi connectivity index (χ1n) is 12.4. The summed E-state index contributed by atoms with van der Waals surface area (Å²) < 4.78 is 7.55. The molecule has 178 valence electrons. The summed E-state index contributed by atoms with van der Waals surface area (Å²) in [5.74, 6) is 0. The summed E-state index contributed by atoms with van der Waals surface area (Å²) in [6, 6.07) is 18.0. The van der Waals surface area contributed by atoms with Gasteiger partial charge in [-0.2, -0.15) is 0 Å². The Bertz CT molecular complexity index is 1150. The van der Waals surface area contributed by atoms with E-state index in [0.717, 1.165) is 31.7 Å². The van der Waals surface area contributed by atoms with Crippen LogP contribution in [0.2, 0.25) is 0 Å². The lowest BCUT2D eigenvalue weighted by Gasteiger charge is -2.34. The first-order chi connectivity index (χ1) is 16.8. The number of aromatic nitrogens is 3. The minimum Gasteiger partial charge on any atom is -0.383 e. The number of nitrogens with zero attached hydrogens (tertiary/aromatic N) is 3. The lowest BCUT2D eigenvalue weighted by Crippen LogP contribution is -2.44. The van der Waals surface area contributed by atoms with Gasteiger partial charge in [0.05, 0.1) is 19.0 Å². The first-order valence-corrected chi connectivity index (χ1v) is 12.4. The second-order valence-corrected chi connectivity index (χ2v) is 9.32. The van der Waals surface area contributed by atoms with E-state index in [9.17, 15) is 0 Å². The fraction of sp³-hybridized carbons (Fsp3) is 0.393. The summed E-state index contributed by atoms with van der Waals surface area (Å²) in [6.45, 7) is 4.17. The molecule has 1 aliphatic heterocycles. The Kier molecular flexibility index (Phi) is 7.39. The zero-order valence-electron chi connectivity index (χ0n) is 20.0. The maximum absolute atomic E-state index is 5.49. The molecule has 0 bridgehead atoms. The predicted octanol–water partition coefficient (Wildman–Crippen LogP) is 4.73. The molecule has 1 unspecified atom stereocenters. The Balaban J connectivity index is 1.11. The van der Waals surface area contributed by atoms with Crippen LogP contribution in [0.5, 0.6) is 0 Å². The standard InChI is InChI=1S/C28H35N5O/c1-34-20-28(22-6-3-2-4-7-22)31-24-11-15-32(16-12-24)14-5-8-23-19-30-27-10-9-25(18-26(23)27)33-17-13-29-21-33/h2-4,6-7,9-10,13,17-19,21,24,28,30-31H,5,8,11-12,14-16,20H2,1H3. The number of nitrogens with one attached hydrogen (secondary N) is 2. The number of fused-ring (bicyclic) bond motifs is 1. The molecular weight excluding hydrogens is 422 g/mol. The van der Waals surface area contributed by atoms with Crippen LogP contribution in [0.4, 0.5) is 0 Å². The van der Waals surface area contributed by atoms with Crippen molar-refractivity contribution in [3.8, 4) is 5.69 Å². The Hall–Kier alpha value is -2.93. The highest BCUT2D eigenvalue weighted by molar-refractivity contribution is 5.85. The van der Waals surface area contributed by atoms with Crippen molar-refractivity contribution in [1.29, 1.82) is 0 Å². The quantitative estimate of drug-likeness (QED) is 0.362. The minimum atomic E-state index is 0.261. The third-order valence-electron chi connectivity index (χ3n) is 7.03. The van der Waals surface area contributed by atoms with Gasteiger partial charge in [0.25, 0.3) is 0 Å². The van der Waals surface area contributed by atoms with E-state index < -0.39 is 0 Å². The van der Waals surface area contributed by atoms with E-state index in [4.69, 9.17) is 4.74 Å². The molecule has 34 heavy (non-hydrogen) atoms. The van der Waals surface area contributed by atoms with Gasteiger partial charge in [-0.05, 0) is 74.6 Å². The van der Waals surface area contributed by atoms with E-state index >= 15 is 0 Å². The van der Waals surface area contributed by atoms with E-state index in [1.165, 1.54) is 41.3 Å². The van der Waals surface area contributed by atoms with Crippen LogP contribution in [0.25, 0.3) is 16.6 Å². The minimum absolute atomic E-state index is 0.261. The van der Waals surface area contributed by atoms with Gasteiger partial charge in [0.1, 0.15) is 0 Å². The molecule has 0 amide bonds. The second-order valence-electron chi connectivity index (χ2n) is 9.32. The molecule has 0 aliphatic carbocycles. The number of likely N-dealkylation sites (tertiary alicyclic amines) is 1. The van der Waals surface area contributed by atoms with Crippen LogP contribution in [0.1, 0.15) is 36.4 Å². The molecule has 2 aromatic carbocycles. The summed E-state index contributed by atoms with van der Waals surface area (Å²) in [5.41, 5.74) is 5.07. The number of ether oxygens (including phenoxy) is 1. The molecule has 0 radical (unpaired) electrons. The Morgan fingerprint density at radius 1 is 1.15 bits per heavy atom. The van der Waals surface area contributed by atoms with Crippen LogP contribution in [0.3, 0.4) is 0 Å². The van der Waals surface area contributed by atoms with Crippen LogP contribution in [-0.2, 0) is 11.2 Å². The maximum Gasteiger partial charge on any atom is 0.0991 e. The molecule has 3 heterocycles. The van der Waals surface area contributed by atoms with Gasteiger partial charge >= 0.3 is 0 Å². The smallest absolute Gasteiger partial charge is 0.0991 e. The molecule has 1 aliphatic rings. The van der Waals surface area contributed by atoms with Crippen molar-refractivity contribution in [1.82, 2.24) is 24.8 Å². The Morgan fingerprint density at radius 3 is 2.76 bits per heavy atom. The fourth-order valence-corrected chi connectivity index (χ4v) is 5.14. The van der Waals surface area contributed by atoms with Crippen LogP contribution in [0, 0.1) is 0 Å². The second kappa shape index (κ2) is 11.0. The lowest BCUT2D eigenvalue weighted by atomic mass is 10.0.